The van der Waals surface area contributed by atoms with E-state index in [1.807, 2.05) is 12.1 Å². The number of aryl methyl sites for hydroxylation is 2. The first-order valence-corrected chi connectivity index (χ1v) is 16.1. The molecular weight excluding hydrogens is 648 g/mol. The zero-order valence-corrected chi connectivity index (χ0v) is 27.1. The van der Waals surface area contributed by atoms with Crippen LogP contribution in [0.3, 0.4) is 0 Å². The second-order valence-electron chi connectivity index (χ2n) is 13.0. The van der Waals surface area contributed by atoms with Gasteiger partial charge in [0.05, 0.1) is 11.0 Å². The SMILES string of the molecule is CC(C)(C)C(=O)Oc1c(CCC(N)=O)cc2c(c1Cl)Oc1c(cc3c4c1CCCN4CCC3)C21OC(=O)c2ccc(Br)cc21. The van der Waals surface area contributed by atoms with Crippen LogP contribution < -0.4 is 20.1 Å². The van der Waals surface area contributed by atoms with Crippen molar-refractivity contribution in [3.8, 4) is 17.2 Å². The van der Waals surface area contributed by atoms with Crippen LogP contribution in [0, 0.1) is 5.41 Å². The highest BCUT2D eigenvalue weighted by atomic mass is 79.9. The Bertz CT molecular complexity index is 1800. The van der Waals surface area contributed by atoms with E-state index in [9.17, 15) is 14.4 Å². The fraction of sp³-hybridized carbons (Fsp3) is 0.382. The second-order valence-corrected chi connectivity index (χ2v) is 14.3. The predicted molar refractivity (Wildman–Crippen MR) is 169 cm³/mol. The van der Waals surface area contributed by atoms with Crippen LogP contribution >= 0.6 is 27.5 Å². The number of rotatable bonds is 4. The lowest BCUT2D eigenvalue weighted by molar-refractivity contribution is -0.143. The van der Waals surface area contributed by atoms with E-state index in [0.717, 1.165) is 54.4 Å². The van der Waals surface area contributed by atoms with E-state index >= 15 is 0 Å². The number of carbonyl (C=O) groups is 3. The predicted octanol–water partition coefficient (Wildman–Crippen LogP) is 6.74. The van der Waals surface area contributed by atoms with Crippen LogP contribution in [0.25, 0.3) is 0 Å². The first-order chi connectivity index (χ1) is 20.9. The van der Waals surface area contributed by atoms with Crippen molar-refractivity contribution in [2.45, 2.75) is 64.9 Å². The van der Waals surface area contributed by atoms with Gasteiger partial charge in [-0.2, -0.15) is 0 Å². The van der Waals surface area contributed by atoms with Gasteiger partial charge in [-0.15, -0.1) is 0 Å². The minimum absolute atomic E-state index is 0.00492. The molecule has 3 aromatic rings. The van der Waals surface area contributed by atoms with Crippen molar-refractivity contribution in [2.75, 3.05) is 18.0 Å². The molecule has 1 unspecified atom stereocenters. The van der Waals surface area contributed by atoms with Crippen LogP contribution in [0.5, 0.6) is 17.2 Å². The number of ether oxygens (including phenoxy) is 3. The molecule has 10 heteroatoms. The van der Waals surface area contributed by atoms with Crippen LogP contribution in [0.15, 0.2) is 34.8 Å². The highest BCUT2D eigenvalue weighted by molar-refractivity contribution is 9.10. The maximum absolute atomic E-state index is 13.6. The van der Waals surface area contributed by atoms with Gasteiger partial charge in [0, 0.05) is 51.9 Å². The molecule has 4 aliphatic heterocycles. The van der Waals surface area contributed by atoms with E-state index in [1.54, 1.807) is 32.9 Å². The summed E-state index contributed by atoms with van der Waals surface area (Å²) in [6.45, 7) is 7.20. The fourth-order valence-corrected chi connectivity index (χ4v) is 7.58. The number of nitrogens with two attached hydrogens (primary N) is 1. The summed E-state index contributed by atoms with van der Waals surface area (Å²) in [4.78, 5) is 41.1. The lowest BCUT2D eigenvalue weighted by Crippen LogP contribution is -2.38. The Kier molecular flexibility index (Phi) is 6.79. The minimum Gasteiger partial charge on any atom is -0.454 e. The van der Waals surface area contributed by atoms with Gasteiger partial charge in [0.2, 0.25) is 5.91 Å². The zero-order valence-electron chi connectivity index (χ0n) is 24.8. The Labute approximate surface area is 268 Å². The third-order valence-corrected chi connectivity index (χ3v) is 9.80. The molecule has 0 aromatic heterocycles. The molecule has 8 nitrogen and oxygen atoms in total. The van der Waals surface area contributed by atoms with Gasteiger partial charge >= 0.3 is 11.9 Å². The molecule has 7 rings (SSSR count). The molecule has 44 heavy (non-hydrogen) atoms. The summed E-state index contributed by atoms with van der Waals surface area (Å²) in [7, 11) is 0. The molecule has 1 amide bonds. The lowest BCUT2D eigenvalue weighted by Gasteiger charge is -2.43. The number of amides is 1. The number of primary amides is 1. The van der Waals surface area contributed by atoms with Crippen LogP contribution in [0.4, 0.5) is 5.69 Å². The maximum Gasteiger partial charge on any atom is 0.340 e. The number of esters is 2. The Morgan fingerprint density at radius 1 is 1.07 bits per heavy atom. The normalized spacial score (nSPS) is 19.4. The summed E-state index contributed by atoms with van der Waals surface area (Å²) in [5, 5.41) is 0.0710. The number of hydrogen-bond acceptors (Lipinski definition) is 7. The van der Waals surface area contributed by atoms with Gasteiger partial charge in [-0.25, -0.2) is 4.79 Å². The van der Waals surface area contributed by atoms with Gasteiger partial charge in [-0.3, -0.25) is 9.59 Å². The van der Waals surface area contributed by atoms with Crippen LogP contribution in [0.1, 0.15) is 83.8 Å². The van der Waals surface area contributed by atoms with Gasteiger partial charge in [-0.1, -0.05) is 27.5 Å². The lowest BCUT2D eigenvalue weighted by atomic mass is 9.74. The topological polar surface area (TPSA) is 108 Å². The molecule has 1 atom stereocenters. The van der Waals surface area contributed by atoms with Crippen LogP contribution in [0.2, 0.25) is 5.02 Å². The van der Waals surface area contributed by atoms with E-state index in [2.05, 4.69) is 26.9 Å². The first kappa shape index (κ1) is 29.2. The zero-order chi connectivity index (χ0) is 31.1. The molecule has 0 saturated carbocycles. The van der Waals surface area contributed by atoms with E-state index < -0.39 is 28.9 Å². The summed E-state index contributed by atoms with van der Waals surface area (Å²) in [6.07, 6.45) is 3.84. The first-order valence-electron chi connectivity index (χ1n) is 14.9. The Morgan fingerprint density at radius 3 is 2.52 bits per heavy atom. The largest absolute Gasteiger partial charge is 0.454 e. The van der Waals surface area contributed by atoms with Gasteiger partial charge in [0.15, 0.2) is 17.1 Å². The molecule has 3 aromatic carbocycles. The summed E-state index contributed by atoms with van der Waals surface area (Å²) in [5.74, 6) is -0.492. The number of nitrogens with zero attached hydrogens (tertiary/aromatic N) is 1. The van der Waals surface area contributed by atoms with Gasteiger partial charge in [-0.05, 0) is 94.3 Å². The van der Waals surface area contributed by atoms with Crippen molar-refractivity contribution in [1.82, 2.24) is 0 Å². The quantitative estimate of drug-likeness (QED) is 0.240. The van der Waals surface area contributed by atoms with Gasteiger partial charge in [0.1, 0.15) is 10.8 Å². The molecule has 4 heterocycles. The summed E-state index contributed by atoms with van der Waals surface area (Å²) >= 11 is 10.8. The number of anilines is 1. The van der Waals surface area contributed by atoms with Crippen molar-refractivity contribution in [2.24, 2.45) is 11.1 Å². The third-order valence-electron chi connectivity index (χ3n) is 8.96. The van der Waals surface area contributed by atoms with Crippen LogP contribution in [-0.2, 0) is 39.2 Å². The minimum atomic E-state index is -1.39. The van der Waals surface area contributed by atoms with Gasteiger partial charge in [0.25, 0.3) is 0 Å². The molecule has 2 N–H and O–H groups in total. The van der Waals surface area contributed by atoms with Crippen molar-refractivity contribution in [1.29, 1.82) is 0 Å². The standard InChI is InChI=1S/C34H32BrClN2O6/c1-33(2,3)32(41)43-28-18(8-11-25(37)39)15-24-30(26(28)36)42-29-21-7-5-13-38-12-4-6-17(27(21)38)14-23(29)34(24)22-16-19(35)9-10-20(22)31(40)44-34/h9-10,14-16H,4-8,11-13H2,1-3H3,(H2,37,39). The highest BCUT2D eigenvalue weighted by Crippen LogP contribution is 2.62. The van der Waals surface area contributed by atoms with Gasteiger partial charge < -0.3 is 24.8 Å². The van der Waals surface area contributed by atoms with E-state index in [-0.39, 0.29) is 29.4 Å². The number of carbonyl (C=O) groups excluding carboxylic acids is 3. The summed E-state index contributed by atoms with van der Waals surface area (Å²) in [6, 6.07) is 9.39. The van der Waals surface area contributed by atoms with Crippen molar-refractivity contribution >= 4 is 51.1 Å². The average molecular weight is 680 g/mol. The number of fused-ring (bicyclic) bond motifs is 7. The number of halogens is 2. The van der Waals surface area contributed by atoms with Crippen molar-refractivity contribution in [3.63, 3.8) is 0 Å². The number of hydrogen-bond donors (Lipinski definition) is 1. The Morgan fingerprint density at radius 2 is 1.80 bits per heavy atom. The van der Waals surface area contributed by atoms with Crippen molar-refractivity contribution in [3.05, 3.63) is 78.8 Å². The molecule has 0 fully saturated rings. The Balaban J connectivity index is 1.55. The van der Waals surface area contributed by atoms with Crippen molar-refractivity contribution < 1.29 is 28.6 Å². The highest BCUT2D eigenvalue weighted by Gasteiger charge is 2.56. The van der Waals surface area contributed by atoms with E-state index in [0.29, 0.717) is 28.0 Å². The number of benzene rings is 3. The van der Waals surface area contributed by atoms with Crippen LogP contribution in [-0.4, -0.2) is 30.9 Å². The monoisotopic (exact) mass is 678 g/mol. The maximum atomic E-state index is 13.6. The Hall–Kier alpha value is -3.56. The third kappa shape index (κ3) is 4.34. The molecule has 0 bridgehead atoms. The molecule has 0 radical (unpaired) electrons. The average Bonchev–Trinajstić information content (AvgIpc) is 3.25. The second kappa shape index (κ2) is 10.2. The smallest absolute Gasteiger partial charge is 0.340 e. The molecule has 0 aliphatic carbocycles. The van der Waals surface area contributed by atoms with E-state index in [4.69, 9.17) is 31.5 Å². The molecule has 0 saturated heterocycles. The molecular formula is C34H32BrClN2O6. The molecule has 228 valence electrons. The summed E-state index contributed by atoms with van der Waals surface area (Å²) in [5.41, 5.74) is 9.62. The summed E-state index contributed by atoms with van der Waals surface area (Å²) < 4.78 is 20.0. The molecule has 1 spiro atoms. The fourth-order valence-electron chi connectivity index (χ4n) is 6.92. The molecule has 4 aliphatic rings. The van der Waals surface area contributed by atoms with E-state index in [1.165, 1.54) is 11.3 Å².